The number of carbonyl (C=O) groups excluding carboxylic acids is 1. The molecule has 0 heterocycles. The van der Waals surface area contributed by atoms with Crippen LogP contribution in [0.25, 0.3) is 0 Å². The van der Waals surface area contributed by atoms with E-state index in [9.17, 15) is 4.79 Å². The van der Waals surface area contributed by atoms with Crippen molar-refractivity contribution in [2.45, 2.75) is 33.1 Å². The van der Waals surface area contributed by atoms with Crippen LogP contribution in [0.15, 0.2) is 0 Å². The number of carbonyl (C=O) groups is 1. The maximum Gasteiger partial charge on any atom is 0.225 e. The SMILES string of the molecule is CCC(CC)C(=O)N(C)CCCNC. The van der Waals surface area contributed by atoms with Gasteiger partial charge in [0.25, 0.3) is 0 Å². The van der Waals surface area contributed by atoms with Gasteiger partial charge in [-0.3, -0.25) is 4.79 Å². The molecule has 14 heavy (non-hydrogen) atoms. The Balaban J connectivity index is 3.84. The molecule has 0 atom stereocenters. The van der Waals surface area contributed by atoms with E-state index < -0.39 is 0 Å². The van der Waals surface area contributed by atoms with Crippen molar-refractivity contribution in [2.75, 3.05) is 27.2 Å². The summed E-state index contributed by atoms with van der Waals surface area (Å²) in [5.74, 6) is 0.515. The summed E-state index contributed by atoms with van der Waals surface area (Å²) in [6.45, 7) is 5.98. The molecular weight excluding hydrogens is 176 g/mol. The van der Waals surface area contributed by atoms with Crippen LogP contribution in [0.1, 0.15) is 33.1 Å². The highest BCUT2D eigenvalue weighted by Crippen LogP contribution is 2.10. The molecule has 0 radical (unpaired) electrons. The molecule has 0 aromatic heterocycles. The average molecular weight is 200 g/mol. The Morgan fingerprint density at radius 3 is 2.36 bits per heavy atom. The Morgan fingerprint density at radius 1 is 1.36 bits per heavy atom. The van der Waals surface area contributed by atoms with Gasteiger partial charge >= 0.3 is 0 Å². The quantitative estimate of drug-likeness (QED) is 0.632. The lowest BCUT2D eigenvalue weighted by Gasteiger charge is -2.22. The predicted molar refractivity (Wildman–Crippen MR) is 60.3 cm³/mol. The molecule has 0 unspecified atom stereocenters. The van der Waals surface area contributed by atoms with Crippen molar-refractivity contribution in [3.05, 3.63) is 0 Å². The van der Waals surface area contributed by atoms with Gasteiger partial charge in [-0.1, -0.05) is 13.8 Å². The van der Waals surface area contributed by atoms with Gasteiger partial charge in [-0.15, -0.1) is 0 Å². The zero-order valence-corrected chi connectivity index (χ0v) is 9.97. The number of nitrogens with one attached hydrogen (secondary N) is 1. The summed E-state index contributed by atoms with van der Waals surface area (Å²) in [6.07, 6.45) is 2.93. The lowest BCUT2D eigenvalue weighted by atomic mass is 10.0. The second-order valence-electron chi connectivity index (χ2n) is 3.73. The highest BCUT2D eigenvalue weighted by atomic mass is 16.2. The van der Waals surface area contributed by atoms with Crippen LogP contribution in [0.2, 0.25) is 0 Å². The first-order valence-electron chi connectivity index (χ1n) is 5.56. The molecule has 3 nitrogen and oxygen atoms in total. The van der Waals surface area contributed by atoms with Gasteiger partial charge in [-0.25, -0.2) is 0 Å². The minimum atomic E-state index is 0.217. The van der Waals surface area contributed by atoms with Gasteiger partial charge < -0.3 is 10.2 Å². The van der Waals surface area contributed by atoms with E-state index >= 15 is 0 Å². The third-order valence-electron chi connectivity index (χ3n) is 2.63. The van der Waals surface area contributed by atoms with E-state index in [1.807, 2.05) is 19.0 Å². The summed E-state index contributed by atoms with van der Waals surface area (Å²) < 4.78 is 0. The van der Waals surface area contributed by atoms with Crippen LogP contribution >= 0.6 is 0 Å². The van der Waals surface area contributed by atoms with Crippen LogP contribution in [0, 0.1) is 5.92 Å². The molecule has 84 valence electrons. The molecule has 0 aliphatic heterocycles. The van der Waals surface area contributed by atoms with Crippen molar-refractivity contribution in [1.29, 1.82) is 0 Å². The first-order valence-corrected chi connectivity index (χ1v) is 5.56. The molecule has 0 aliphatic rings. The number of rotatable bonds is 7. The highest BCUT2D eigenvalue weighted by molar-refractivity contribution is 5.78. The van der Waals surface area contributed by atoms with E-state index in [0.717, 1.165) is 32.4 Å². The molecule has 1 amide bonds. The Hall–Kier alpha value is -0.570. The Kier molecular flexibility index (Phi) is 7.48. The van der Waals surface area contributed by atoms with Crippen LogP contribution in [0.4, 0.5) is 0 Å². The van der Waals surface area contributed by atoms with Gasteiger partial charge in [0.15, 0.2) is 0 Å². The van der Waals surface area contributed by atoms with E-state index in [1.165, 1.54) is 0 Å². The molecule has 3 heteroatoms. The minimum Gasteiger partial charge on any atom is -0.345 e. The summed E-state index contributed by atoms with van der Waals surface area (Å²) in [5.41, 5.74) is 0. The molecule has 0 aromatic carbocycles. The first-order chi connectivity index (χ1) is 6.67. The second-order valence-corrected chi connectivity index (χ2v) is 3.73. The van der Waals surface area contributed by atoms with E-state index in [0.29, 0.717) is 5.91 Å². The molecular formula is C11H24N2O. The Morgan fingerprint density at radius 2 is 1.93 bits per heavy atom. The molecule has 0 spiro atoms. The van der Waals surface area contributed by atoms with Crippen molar-refractivity contribution >= 4 is 5.91 Å². The maximum atomic E-state index is 11.8. The standard InChI is InChI=1S/C11H24N2O/c1-5-10(6-2)11(14)13(4)9-7-8-12-3/h10,12H,5-9H2,1-4H3. The molecule has 0 saturated heterocycles. The summed E-state index contributed by atoms with van der Waals surface area (Å²) in [5, 5.41) is 3.08. The summed E-state index contributed by atoms with van der Waals surface area (Å²) in [7, 11) is 3.83. The number of hydrogen-bond donors (Lipinski definition) is 1. The Labute approximate surface area is 87.9 Å². The molecule has 0 rings (SSSR count). The van der Waals surface area contributed by atoms with E-state index in [2.05, 4.69) is 19.2 Å². The van der Waals surface area contributed by atoms with Crippen molar-refractivity contribution < 1.29 is 4.79 Å². The van der Waals surface area contributed by atoms with Crippen molar-refractivity contribution in [2.24, 2.45) is 5.92 Å². The third-order valence-corrected chi connectivity index (χ3v) is 2.63. The molecule has 0 aromatic rings. The minimum absolute atomic E-state index is 0.217. The van der Waals surface area contributed by atoms with Gasteiger partial charge in [0.1, 0.15) is 0 Å². The largest absolute Gasteiger partial charge is 0.345 e. The van der Waals surface area contributed by atoms with Crippen molar-refractivity contribution in [3.63, 3.8) is 0 Å². The monoisotopic (exact) mass is 200 g/mol. The fraction of sp³-hybridized carbons (Fsp3) is 0.909. The third kappa shape index (κ3) is 4.61. The van der Waals surface area contributed by atoms with Gasteiger partial charge in [0.2, 0.25) is 5.91 Å². The first kappa shape index (κ1) is 13.4. The predicted octanol–water partition coefficient (Wildman–Crippen LogP) is 1.49. The van der Waals surface area contributed by atoms with Crippen LogP contribution < -0.4 is 5.32 Å². The van der Waals surface area contributed by atoms with Crippen LogP contribution in [-0.4, -0.2) is 38.0 Å². The summed E-state index contributed by atoms with van der Waals surface area (Å²) in [6, 6.07) is 0. The van der Waals surface area contributed by atoms with E-state index in [1.54, 1.807) is 0 Å². The topological polar surface area (TPSA) is 32.3 Å². The molecule has 1 N–H and O–H groups in total. The highest BCUT2D eigenvalue weighted by Gasteiger charge is 2.17. The van der Waals surface area contributed by atoms with Crippen LogP contribution in [0.3, 0.4) is 0 Å². The normalized spacial score (nSPS) is 10.6. The van der Waals surface area contributed by atoms with Gasteiger partial charge in [0, 0.05) is 19.5 Å². The molecule has 0 fully saturated rings. The maximum absolute atomic E-state index is 11.8. The summed E-state index contributed by atoms with van der Waals surface area (Å²) >= 11 is 0. The second kappa shape index (κ2) is 7.80. The number of hydrogen-bond acceptors (Lipinski definition) is 2. The van der Waals surface area contributed by atoms with E-state index in [4.69, 9.17) is 0 Å². The summed E-state index contributed by atoms with van der Waals surface area (Å²) in [4.78, 5) is 13.7. The number of amides is 1. The molecule has 0 bridgehead atoms. The number of nitrogens with zero attached hydrogens (tertiary/aromatic N) is 1. The van der Waals surface area contributed by atoms with Gasteiger partial charge in [-0.2, -0.15) is 0 Å². The fourth-order valence-electron chi connectivity index (χ4n) is 1.55. The van der Waals surface area contributed by atoms with Gasteiger partial charge in [0.05, 0.1) is 0 Å². The molecule has 0 aliphatic carbocycles. The van der Waals surface area contributed by atoms with Crippen LogP contribution in [-0.2, 0) is 4.79 Å². The van der Waals surface area contributed by atoms with Crippen molar-refractivity contribution in [3.8, 4) is 0 Å². The Bertz CT molecular complexity index is 155. The van der Waals surface area contributed by atoms with E-state index in [-0.39, 0.29) is 5.92 Å². The van der Waals surface area contributed by atoms with Gasteiger partial charge in [-0.05, 0) is 32.9 Å². The fourth-order valence-corrected chi connectivity index (χ4v) is 1.55. The van der Waals surface area contributed by atoms with Crippen molar-refractivity contribution in [1.82, 2.24) is 10.2 Å². The average Bonchev–Trinajstić information content (AvgIpc) is 2.19. The zero-order valence-electron chi connectivity index (χ0n) is 9.97. The molecule has 0 saturated carbocycles. The lowest BCUT2D eigenvalue weighted by molar-refractivity contribution is -0.134. The smallest absolute Gasteiger partial charge is 0.225 e. The lowest BCUT2D eigenvalue weighted by Crippen LogP contribution is -2.34. The zero-order chi connectivity index (χ0) is 11.0. The van der Waals surface area contributed by atoms with Crippen LogP contribution in [0.5, 0.6) is 0 Å².